The van der Waals surface area contributed by atoms with Gasteiger partial charge in [-0.15, -0.1) is 0 Å². The molecule has 3 unspecified atom stereocenters. The Balaban J connectivity index is 0.00000117. The highest BCUT2D eigenvalue weighted by atomic mass is 79.9. The van der Waals surface area contributed by atoms with Gasteiger partial charge in [-0.05, 0) is 38.2 Å². The summed E-state index contributed by atoms with van der Waals surface area (Å²) >= 11 is 3.22. The molecule has 2 aliphatic heterocycles. The molecule has 1 aromatic rings. The van der Waals surface area contributed by atoms with Gasteiger partial charge in [0, 0.05) is 35.6 Å². The number of halogens is 4. The third kappa shape index (κ3) is 4.00. The van der Waals surface area contributed by atoms with Gasteiger partial charge in [-0.3, -0.25) is 14.4 Å². The van der Waals surface area contributed by atoms with Gasteiger partial charge in [0.25, 0.3) is 5.91 Å². The lowest BCUT2D eigenvalue weighted by Gasteiger charge is -2.58. The van der Waals surface area contributed by atoms with E-state index in [1.807, 2.05) is 13.8 Å². The van der Waals surface area contributed by atoms with Crippen LogP contribution in [0.1, 0.15) is 54.9 Å². The number of rotatable bonds is 5. The maximum atomic E-state index is 12.9. The highest BCUT2D eigenvalue weighted by Gasteiger charge is 2.63. The number of carbonyl (C=O) groups excluding carboxylic acids is 1. The zero-order valence-electron chi connectivity index (χ0n) is 17.0. The van der Waals surface area contributed by atoms with Crippen LogP contribution in [0.15, 0.2) is 6.08 Å². The second kappa shape index (κ2) is 8.41. The monoisotopic (exact) mass is 476 g/mol. The number of amides is 1. The fourth-order valence-electron chi connectivity index (χ4n) is 4.94. The predicted molar refractivity (Wildman–Crippen MR) is 110 cm³/mol. The average Bonchev–Trinajstić information content (AvgIpc) is 2.97. The van der Waals surface area contributed by atoms with Crippen molar-refractivity contribution in [2.75, 3.05) is 18.4 Å². The molecular formula is C20H28BrF3N4O. The number of alkyl halides is 4. The molecule has 3 atom stereocenters. The van der Waals surface area contributed by atoms with E-state index in [0.717, 1.165) is 24.2 Å². The molecular weight excluding hydrogens is 449 g/mol. The van der Waals surface area contributed by atoms with E-state index in [2.05, 4.69) is 31.2 Å². The molecule has 2 saturated heterocycles. The Morgan fingerprint density at radius 2 is 2.10 bits per heavy atom. The van der Waals surface area contributed by atoms with Crippen LogP contribution in [-0.2, 0) is 6.54 Å². The average molecular weight is 477 g/mol. The van der Waals surface area contributed by atoms with Gasteiger partial charge in [-0.25, -0.2) is 0 Å². The van der Waals surface area contributed by atoms with Crippen LogP contribution in [0.3, 0.4) is 0 Å². The fraction of sp³-hybridized carbons (Fsp3) is 0.700. The molecule has 1 aromatic heterocycles. The number of hydrogen-bond donors (Lipinski definition) is 1. The molecule has 0 aromatic carbocycles. The van der Waals surface area contributed by atoms with Gasteiger partial charge in [0.05, 0.1) is 5.69 Å². The van der Waals surface area contributed by atoms with E-state index in [1.165, 1.54) is 12.8 Å². The minimum Gasteiger partial charge on any atom is -0.346 e. The number of allylic oxidation sites excluding steroid dienone is 1. The topological polar surface area (TPSA) is 50.2 Å². The molecule has 3 fully saturated rings. The molecule has 5 nitrogen and oxygen atoms in total. The minimum atomic E-state index is -4.40. The minimum absolute atomic E-state index is 0.0578. The molecule has 9 heteroatoms. The number of nitrogens with zero attached hydrogens (tertiary/aromatic N) is 3. The van der Waals surface area contributed by atoms with E-state index in [1.54, 1.807) is 19.1 Å². The first-order chi connectivity index (χ1) is 13.7. The van der Waals surface area contributed by atoms with Crippen molar-refractivity contribution in [2.24, 2.45) is 5.92 Å². The summed E-state index contributed by atoms with van der Waals surface area (Å²) in [5.74, 6) is 0.0806. The van der Waals surface area contributed by atoms with E-state index >= 15 is 0 Å². The summed E-state index contributed by atoms with van der Waals surface area (Å²) in [5, 5.41) is 7.57. The van der Waals surface area contributed by atoms with Gasteiger partial charge in [-0.1, -0.05) is 35.9 Å². The van der Waals surface area contributed by atoms with Crippen LogP contribution >= 0.6 is 15.9 Å². The second-order valence-electron chi connectivity index (χ2n) is 7.71. The molecule has 4 rings (SSSR count). The first-order valence-electron chi connectivity index (χ1n) is 10.2. The van der Waals surface area contributed by atoms with E-state index in [9.17, 15) is 18.0 Å². The molecule has 0 bridgehead atoms. The summed E-state index contributed by atoms with van der Waals surface area (Å²) in [6.07, 6.45) is 2.33. The van der Waals surface area contributed by atoms with Crippen molar-refractivity contribution in [1.82, 2.24) is 20.0 Å². The standard InChI is InChI=1S/C18H22BrF3N4O.C2H6/c1-11-14(3-2-7-19)26(10-18(20,21)22)24-15(11)16(27)23-13-9-25-8-6-17(25)5-4-12(13)17;1-2/h2-3,12-13H,4-10H2,1H3,(H,23,27);1-2H3/b3-2-;. The summed E-state index contributed by atoms with van der Waals surface area (Å²) in [5.41, 5.74) is 1.15. The van der Waals surface area contributed by atoms with Crippen molar-refractivity contribution in [2.45, 2.75) is 64.3 Å². The lowest BCUT2D eigenvalue weighted by atomic mass is 9.61. The maximum absolute atomic E-state index is 12.9. The third-order valence-electron chi connectivity index (χ3n) is 6.39. The zero-order chi connectivity index (χ0) is 21.4. The summed E-state index contributed by atoms with van der Waals surface area (Å²) < 4.78 is 39.6. The van der Waals surface area contributed by atoms with E-state index in [0.29, 0.717) is 22.5 Å². The van der Waals surface area contributed by atoms with Gasteiger partial charge in [0.15, 0.2) is 5.69 Å². The maximum Gasteiger partial charge on any atom is 0.408 e. The molecule has 1 amide bonds. The van der Waals surface area contributed by atoms with Crippen LogP contribution in [0.2, 0.25) is 0 Å². The smallest absolute Gasteiger partial charge is 0.346 e. The third-order valence-corrected chi connectivity index (χ3v) is 6.76. The van der Waals surface area contributed by atoms with Crippen LogP contribution in [0.5, 0.6) is 0 Å². The summed E-state index contributed by atoms with van der Waals surface area (Å²) in [7, 11) is 0. The molecule has 1 spiro atoms. The van der Waals surface area contributed by atoms with Crippen molar-refractivity contribution in [3.05, 3.63) is 23.0 Å². The van der Waals surface area contributed by atoms with Crippen molar-refractivity contribution in [3.8, 4) is 0 Å². The van der Waals surface area contributed by atoms with Gasteiger partial charge in [0.1, 0.15) is 6.54 Å². The molecule has 1 N–H and O–H groups in total. The van der Waals surface area contributed by atoms with E-state index in [4.69, 9.17) is 0 Å². The number of carbonyl (C=O) groups is 1. The molecule has 0 radical (unpaired) electrons. The van der Waals surface area contributed by atoms with Gasteiger partial charge in [-0.2, -0.15) is 18.3 Å². The zero-order valence-corrected chi connectivity index (χ0v) is 18.6. The van der Waals surface area contributed by atoms with Crippen LogP contribution in [-0.4, -0.2) is 56.8 Å². The summed E-state index contributed by atoms with van der Waals surface area (Å²) in [6, 6.07) is 0.0578. The van der Waals surface area contributed by atoms with Crippen LogP contribution < -0.4 is 5.32 Å². The Hall–Kier alpha value is -1.35. The molecule has 3 heterocycles. The van der Waals surface area contributed by atoms with Gasteiger partial charge >= 0.3 is 6.18 Å². The van der Waals surface area contributed by atoms with Crippen LogP contribution in [0.4, 0.5) is 13.2 Å². The first-order valence-corrected chi connectivity index (χ1v) is 11.3. The fourth-order valence-corrected chi connectivity index (χ4v) is 5.13. The number of hydrogen-bond acceptors (Lipinski definition) is 3. The van der Waals surface area contributed by atoms with E-state index in [-0.39, 0.29) is 23.2 Å². The lowest BCUT2D eigenvalue weighted by Crippen LogP contribution is -2.64. The highest BCUT2D eigenvalue weighted by Crippen LogP contribution is 2.57. The highest BCUT2D eigenvalue weighted by molar-refractivity contribution is 9.09. The molecule has 29 heavy (non-hydrogen) atoms. The quantitative estimate of drug-likeness (QED) is 0.649. The van der Waals surface area contributed by atoms with Crippen LogP contribution in [0.25, 0.3) is 6.08 Å². The van der Waals surface area contributed by atoms with Gasteiger partial charge < -0.3 is 5.32 Å². The van der Waals surface area contributed by atoms with E-state index < -0.39 is 12.7 Å². The molecule has 1 aliphatic carbocycles. The molecule has 3 aliphatic rings. The van der Waals surface area contributed by atoms with Crippen molar-refractivity contribution in [1.29, 1.82) is 0 Å². The second-order valence-corrected chi connectivity index (χ2v) is 8.36. The summed E-state index contributed by atoms with van der Waals surface area (Å²) in [6.45, 7) is 6.33. The summed E-state index contributed by atoms with van der Waals surface area (Å²) in [4.78, 5) is 15.3. The van der Waals surface area contributed by atoms with Crippen molar-refractivity contribution < 1.29 is 18.0 Å². The molecule has 1 saturated carbocycles. The van der Waals surface area contributed by atoms with Gasteiger partial charge in [0.2, 0.25) is 0 Å². The Morgan fingerprint density at radius 1 is 1.38 bits per heavy atom. The SMILES string of the molecule is CC.Cc1c(C(=O)NC2CN3CCC34CCC24)nn(CC(F)(F)F)c1/C=C\CBr. The Labute approximate surface area is 177 Å². The Morgan fingerprint density at radius 3 is 2.59 bits per heavy atom. The predicted octanol–water partition coefficient (Wildman–Crippen LogP) is 4.15. The van der Waals surface area contributed by atoms with Crippen LogP contribution in [0, 0.1) is 12.8 Å². The first kappa shape index (κ1) is 22.3. The number of aromatic nitrogens is 2. The van der Waals surface area contributed by atoms with Crippen molar-refractivity contribution >= 4 is 27.9 Å². The Bertz CT molecular complexity index is 787. The normalized spacial score (nSPS) is 28.1. The molecule has 162 valence electrons. The van der Waals surface area contributed by atoms with Crippen molar-refractivity contribution in [3.63, 3.8) is 0 Å². The largest absolute Gasteiger partial charge is 0.408 e. The lowest BCUT2D eigenvalue weighted by molar-refractivity contribution is -0.142. The Kier molecular flexibility index (Phi) is 6.48. The number of nitrogens with one attached hydrogen (secondary N) is 1.